The standard InChI is InChI=1S/C41H40F3N5O10S/c1-47-31-21-25(5-8-29(31)49(39(47)53)30-9-12-36(50)46-37(30)51)4-3-14-56-16-18-58-19-17-57-15-13-48-38(52)35(60-40(48)54)23-26-6-11-33(34(22-26)55-2)59-32-10-7-27(24-45)20-28(32)41(42,43)44/h5-8,10-11,20-23,30H,3-4,9,12-19H2,1-2H3,(H,46,50,51)/b35-23-. The average molecular weight is 852 g/mol. The van der Waals surface area contributed by atoms with Gasteiger partial charge >= 0.3 is 11.9 Å². The molecule has 6 rings (SSSR count). The predicted molar refractivity (Wildman–Crippen MR) is 211 cm³/mol. The van der Waals surface area contributed by atoms with Gasteiger partial charge in [-0.2, -0.15) is 18.4 Å². The second-order valence-corrected chi connectivity index (χ2v) is 14.6. The molecule has 316 valence electrons. The number of imidazole rings is 1. The van der Waals surface area contributed by atoms with Crippen molar-refractivity contribution in [1.82, 2.24) is 19.4 Å². The molecule has 0 radical (unpaired) electrons. The van der Waals surface area contributed by atoms with Crippen molar-refractivity contribution in [1.29, 1.82) is 5.26 Å². The van der Waals surface area contributed by atoms with Crippen molar-refractivity contribution in [2.75, 3.05) is 53.3 Å². The van der Waals surface area contributed by atoms with E-state index in [1.54, 1.807) is 13.1 Å². The Kier molecular flexibility index (Phi) is 14.1. The van der Waals surface area contributed by atoms with Gasteiger partial charge in [0.1, 0.15) is 11.8 Å². The van der Waals surface area contributed by atoms with Crippen LogP contribution in [0.15, 0.2) is 64.3 Å². The number of hydrogen-bond acceptors (Lipinski definition) is 12. The van der Waals surface area contributed by atoms with Crippen molar-refractivity contribution < 1.29 is 56.0 Å². The molecule has 4 amide bonds. The van der Waals surface area contributed by atoms with Crippen LogP contribution in [0.25, 0.3) is 17.1 Å². The van der Waals surface area contributed by atoms with Crippen LogP contribution in [-0.2, 0) is 48.2 Å². The first kappa shape index (κ1) is 43.6. The summed E-state index contributed by atoms with van der Waals surface area (Å²) < 4.78 is 71.5. The molecule has 2 aliphatic heterocycles. The van der Waals surface area contributed by atoms with Gasteiger partial charge in [0.2, 0.25) is 11.8 Å². The predicted octanol–water partition coefficient (Wildman–Crippen LogP) is 5.73. The molecule has 3 heterocycles. The van der Waals surface area contributed by atoms with Crippen LogP contribution in [0, 0.1) is 11.3 Å². The van der Waals surface area contributed by atoms with Gasteiger partial charge in [-0.25, -0.2) is 4.79 Å². The number of aromatic nitrogens is 2. The molecule has 0 aliphatic carbocycles. The molecule has 0 bridgehead atoms. The summed E-state index contributed by atoms with van der Waals surface area (Å²) in [5.41, 5.74) is 1.16. The summed E-state index contributed by atoms with van der Waals surface area (Å²) >= 11 is 0.741. The highest BCUT2D eigenvalue weighted by Crippen LogP contribution is 2.41. The highest BCUT2D eigenvalue weighted by molar-refractivity contribution is 8.18. The van der Waals surface area contributed by atoms with Crippen LogP contribution in [0.5, 0.6) is 17.2 Å². The van der Waals surface area contributed by atoms with Gasteiger partial charge < -0.3 is 23.7 Å². The Bertz CT molecular complexity index is 2420. The number of carbonyl (C=O) groups excluding carboxylic acids is 4. The minimum Gasteiger partial charge on any atom is -0.493 e. The number of thioether (sulfide) groups is 1. The third-order valence-electron chi connectivity index (χ3n) is 9.63. The molecule has 1 unspecified atom stereocenters. The maximum absolute atomic E-state index is 13.6. The zero-order valence-electron chi connectivity index (χ0n) is 32.5. The molecule has 1 N–H and O–H groups in total. The summed E-state index contributed by atoms with van der Waals surface area (Å²) in [5, 5.41) is 10.8. The number of nitrogens with one attached hydrogen (secondary N) is 1. The van der Waals surface area contributed by atoms with E-state index in [0.717, 1.165) is 34.7 Å². The van der Waals surface area contributed by atoms with Gasteiger partial charge in [0.05, 0.1) is 79.8 Å². The molecule has 1 atom stereocenters. The lowest BCUT2D eigenvalue weighted by Gasteiger charge is -2.21. The normalized spacial score (nSPS) is 16.5. The number of nitrogens with zero attached hydrogens (tertiary/aromatic N) is 4. The van der Waals surface area contributed by atoms with Crippen molar-refractivity contribution in [3.05, 3.63) is 92.2 Å². The molecule has 0 saturated carbocycles. The van der Waals surface area contributed by atoms with E-state index >= 15 is 0 Å². The second-order valence-electron chi connectivity index (χ2n) is 13.6. The first-order chi connectivity index (χ1) is 28.8. The number of hydrogen-bond donors (Lipinski definition) is 1. The number of ether oxygens (including phenoxy) is 5. The van der Waals surface area contributed by atoms with Crippen LogP contribution in [0.4, 0.5) is 18.0 Å². The highest BCUT2D eigenvalue weighted by Gasteiger charge is 2.36. The Morgan fingerprint density at radius 2 is 1.60 bits per heavy atom. The lowest BCUT2D eigenvalue weighted by molar-refractivity contribution is -0.139. The summed E-state index contributed by atoms with van der Waals surface area (Å²) in [4.78, 5) is 63.8. The molecule has 0 spiro atoms. The van der Waals surface area contributed by atoms with Gasteiger partial charge in [-0.15, -0.1) is 0 Å². The van der Waals surface area contributed by atoms with Gasteiger partial charge in [-0.05, 0) is 90.7 Å². The number of methoxy groups -OCH3 is 1. The largest absolute Gasteiger partial charge is 0.493 e. The summed E-state index contributed by atoms with van der Waals surface area (Å²) in [5.74, 6) is -1.82. The molecule has 15 nitrogen and oxygen atoms in total. The van der Waals surface area contributed by atoms with Crippen LogP contribution < -0.4 is 20.5 Å². The number of aryl methyl sites for hydroxylation is 2. The molecule has 1 aromatic heterocycles. The Morgan fingerprint density at radius 1 is 0.883 bits per heavy atom. The SMILES string of the molecule is COc1cc(/C=C2\SC(=O)N(CCOCCOCCOCCCc3ccc4c(c3)n(C)c(=O)n4C3CCC(=O)NC3=O)C2=O)ccc1Oc1ccc(C#N)cc1C(F)(F)F. The van der Waals surface area contributed by atoms with Gasteiger partial charge in [-0.3, -0.25) is 38.5 Å². The second kappa shape index (κ2) is 19.4. The van der Waals surface area contributed by atoms with Crippen LogP contribution in [-0.4, -0.2) is 90.3 Å². The number of nitriles is 1. The van der Waals surface area contributed by atoms with Crippen molar-refractivity contribution in [3.63, 3.8) is 0 Å². The van der Waals surface area contributed by atoms with E-state index in [2.05, 4.69) is 5.32 Å². The minimum absolute atomic E-state index is 0.0161. The van der Waals surface area contributed by atoms with Crippen LogP contribution in [0.2, 0.25) is 0 Å². The zero-order chi connectivity index (χ0) is 43.0. The topological polar surface area (TPSA) is 180 Å². The van der Waals surface area contributed by atoms with E-state index in [1.807, 2.05) is 18.2 Å². The fraction of sp³-hybridized carbons (Fsp3) is 0.366. The summed E-state index contributed by atoms with van der Waals surface area (Å²) in [6, 6.07) is 13.9. The smallest absolute Gasteiger partial charge is 0.420 e. The lowest BCUT2D eigenvalue weighted by Crippen LogP contribution is -2.44. The molecule has 2 fully saturated rings. The number of benzene rings is 3. The van der Waals surface area contributed by atoms with Gasteiger partial charge in [0, 0.05) is 20.1 Å². The number of carbonyl (C=O) groups is 4. The molecule has 60 heavy (non-hydrogen) atoms. The third-order valence-corrected chi connectivity index (χ3v) is 10.5. The molecular formula is C41H40F3N5O10S. The molecule has 2 saturated heterocycles. The Hall–Kier alpha value is -5.94. The van der Waals surface area contributed by atoms with Crippen molar-refractivity contribution >= 4 is 51.8 Å². The van der Waals surface area contributed by atoms with Crippen LogP contribution in [0.1, 0.15) is 47.6 Å². The monoisotopic (exact) mass is 851 g/mol. The fourth-order valence-corrected chi connectivity index (χ4v) is 7.47. The minimum atomic E-state index is -4.78. The lowest BCUT2D eigenvalue weighted by atomic mass is 10.1. The van der Waals surface area contributed by atoms with Crippen molar-refractivity contribution in [3.8, 4) is 23.3 Å². The first-order valence-electron chi connectivity index (χ1n) is 18.8. The Labute approximate surface area is 345 Å². The van der Waals surface area contributed by atoms with E-state index in [0.29, 0.717) is 48.9 Å². The third kappa shape index (κ3) is 10.3. The number of piperidine rings is 1. The molecular weight excluding hydrogens is 812 g/mol. The maximum Gasteiger partial charge on any atom is 0.420 e. The van der Waals surface area contributed by atoms with Gasteiger partial charge in [-0.1, -0.05) is 12.1 Å². The average Bonchev–Trinajstić information content (AvgIpc) is 3.63. The molecule has 3 aromatic carbocycles. The molecule has 4 aromatic rings. The first-order valence-corrected chi connectivity index (χ1v) is 19.6. The van der Waals surface area contributed by atoms with Crippen molar-refractivity contribution in [2.24, 2.45) is 7.05 Å². The van der Waals surface area contributed by atoms with Gasteiger partial charge in [0.25, 0.3) is 11.1 Å². The Morgan fingerprint density at radius 3 is 2.30 bits per heavy atom. The highest BCUT2D eigenvalue weighted by atomic mass is 32.2. The van der Waals surface area contributed by atoms with Crippen LogP contribution >= 0.6 is 11.8 Å². The maximum atomic E-state index is 13.6. The van der Waals surface area contributed by atoms with Crippen molar-refractivity contribution in [2.45, 2.75) is 37.9 Å². The number of amides is 4. The van der Waals surface area contributed by atoms with E-state index in [1.165, 1.54) is 46.6 Å². The summed E-state index contributed by atoms with van der Waals surface area (Å²) in [7, 11) is 2.96. The van der Waals surface area contributed by atoms with E-state index in [-0.39, 0.29) is 72.8 Å². The van der Waals surface area contributed by atoms with E-state index in [4.69, 9.17) is 28.9 Å². The quantitative estimate of drug-likeness (QED) is 0.0731. The number of imide groups is 2. The van der Waals surface area contributed by atoms with Crippen LogP contribution in [0.3, 0.4) is 0 Å². The number of fused-ring (bicyclic) bond motifs is 1. The number of halogens is 3. The van der Waals surface area contributed by atoms with E-state index in [9.17, 15) is 37.1 Å². The number of alkyl halides is 3. The number of rotatable bonds is 18. The molecule has 19 heteroatoms. The molecule has 2 aliphatic rings. The zero-order valence-corrected chi connectivity index (χ0v) is 33.4. The van der Waals surface area contributed by atoms with E-state index < -0.39 is 40.6 Å². The summed E-state index contributed by atoms with van der Waals surface area (Å²) in [6.45, 7) is 1.78. The fourth-order valence-electron chi connectivity index (χ4n) is 6.60. The van der Waals surface area contributed by atoms with Gasteiger partial charge in [0.15, 0.2) is 11.5 Å². The Balaban J connectivity index is 0.874. The summed E-state index contributed by atoms with van der Waals surface area (Å²) in [6.07, 6.45) is -1.43.